The van der Waals surface area contributed by atoms with Crippen LogP contribution in [0.1, 0.15) is 31.7 Å². The molecule has 2 aliphatic rings. The number of hydrogen-bond donors (Lipinski definition) is 1. The second-order valence-electron chi connectivity index (χ2n) is 6.73. The van der Waals surface area contributed by atoms with Crippen LogP contribution in [0.3, 0.4) is 0 Å². The summed E-state index contributed by atoms with van der Waals surface area (Å²) >= 11 is 0. The topological polar surface area (TPSA) is 46.1 Å². The average molecular weight is 345 g/mol. The van der Waals surface area contributed by atoms with E-state index in [1.807, 2.05) is 0 Å². The molecule has 2 aliphatic heterocycles. The number of hydrogen-bond acceptors (Lipinski definition) is 3. The molecule has 5 nitrogen and oxygen atoms in total. The SMILES string of the molecule is CCNC(=NCCCc1ccccc1)N1CCOC(C2CCCO2)C1. The molecule has 2 atom stereocenters. The van der Waals surface area contributed by atoms with Crippen molar-refractivity contribution >= 4 is 5.96 Å². The van der Waals surface area contributed by atoms with Crippen molar-refractivity contribution in [1.82, 2.24) is 10.2 Å². The van der Waals surface area contributed by atoms with Crippen LogP contribution in [0.15, 0.2) is 35.3 Å². The Labute approximate surface area is 151 Å². The Hall–Kier alpha value is -1.59. The summed E-state index contributed by atoms with van der Waals surface area (Å²) in [7, 11) is 0. The summed E-state index contributed by atoms with van der Waals surface area (Å²) in [6, 6.07) is 10.6. The van der Waals surface area contributed by atoms with E-state index >= 15 is 0 Å². The summed E-state index contributed by atoms with van der Waals surface area (Å²) in [5.41, 5.74) is 1.38. The van der Waals surface area contributed by atoms with Gasteiger partial charge in [-0.15, -0.1) is 0 Å². The number of guanidine groups is 1. The lowest BCUT2D eigenvalue weighted by molar-refractivity contribution is -0.0817. The number of aliphatic imine (C=N–C) groups is 1. The van der Waals surface area contributed by atoms with Gasteiger partial charge in [0.05, 0.1) is 12.7 Å². The number of ether oxygens (including phenoxy) is 2. The van der Waals surface area contributed by atoms with Gasteiger partial charge in [0, 0.05) is 32.8 Å². The lowest BCUT2D eigenvalue weighted by Gasteiger charge is -2.37. The summed E-state index contributed by atoms with van der Waals surface area (Å²) in [5.74, 6) is 1.02. The Kier molecular flexibility index (Phi) is 7.12. The number of morpholine rings is 1. The molecule has 138 valence electrons. The molecule has 1 N–H and O–H groups in total. The standard InChI is InChI=1S/C20H31N3O2/c1-2-21-20(22-12-6-10-17-8-4-3-5-9-17)23-13-15-25-19(16-23)18-11-7-14-24-18/h3-5,8-9,18-19H,2,6-7,10-16H2,1H3,(H,21,22). The normalized spacial score (nSPS) is 24.5. The van der Waals surface area contributed by atoms with E-state index in [1.165, 1.54) is 5.56 Å². The highest BCUT2D eigenvalue weighted by molar-refractivity contribution is 5.80. The molecule has 0 aromatic heterocycles. The monoisotopic (exact) mass is 345 g/mol. The molecule has 1 aromatic rings. The van der Waals surface area contributed by atoms with Crippen LogP contribution in [0.25, 0.3) is 0 Å². The maximum Gasteiger partial charge on any atom is 0.194 e. The number of aryl methyl sites for hydroxylation is 1. The van der Waals surface area contributed by atoms with Crippen LogP contribution in [0.2, 0.25) is 0 Å². The minimum atomic E-state index is 0.171. The molecule has 0 bridgehead atoms. The number of rotatable bonds is 6. The second-order valence-corrected chi connectivity index (χ2v) is 6.73. The van der Waals surface area contributed by atoms with Gasteiger partial charge in [-0.05, 0) is 38.2 Å². The minimum absolute atomic E-state index is 0.171. The van der Waals surface area contributed by atoms with Crippen molar-refractivity contribution in [3.8, 4) is 0 Å². The van der Waals surface area contributed by atoms with Crippen LogP contribution in [-0.4, -0.2) is 62.5 Å². The van der Waals surface area contributed by atoms with Crippen molar-refractivity contribution in [3.05, 3.63) is 35.9 Å². The van der Waals surface area contributed by atoms with Crippen molar-refractivity contribution in [3.63, 3.8) is 0 Å². The fourth-order valence-corrected chi connectivity index (χ4v) is 3.53. The van der Waals surface area contributed by atoms with Gasteiger partial charge in [0.1, 0.15) is 6.10 Å². The van der Waals surface area contributed by atoms with E-state index < -0.39 is 0 Å². The smallest absolute Gasteiger partial charge is 0.194 e. The Morgan fingerprint density at radius 1 is 1.20 bits per heavy atom. The second kappa shape index (κ2) is 9.78. The first-order chi connectivity index (χ1) is 12.4. The van der Waals surface area contributed by atoms with Crippen LogP contribution >= 0.6 is 0 Å². The molecule has 2 saturated heterocycles. The molecule has 25 heavy (non-hydrogen) atoms. The highest BCUT2D eigenvalue weighted by atomic mass is 16.5. The van der Waals surface area contributed by atoms with Crippen LogP contribution < -0.4 is 5.32 Å². The highest BCUT2D eigenvalue weighted by Crippen LogP contribution is 2.21. The summed E-state index contributed by atoms with van der Waals surface area (Å²) in [4.78, 5) is 7.18. The van der Waals surface area contributed by atoms with Crippen LogP contribution in [-0.2, 0) is 15.9 Å². The van der Waals surface area contributed by atoms with Gasteiger partial charge in [-0.1, -0.05) is 30.3 Å². The van der Waals surface area contributed by atoms with Crippen molar-refractivity contribution in [2.75, 3.05) is 39.4 Å². The Morgan fingerprint density at radius 3 is 2.80 bits per heavy atom. The molecule has 2 heterocycles. The maximum absolute atomic E-state index is 5.95. The zero-order valence-electron chi connectivity index (χ0n) is 15.3. The Morgan fingerprint density at radius 2 is 2.04 bits per heavy atom. The average Bonchev–Trinajstić information content (AvgIpc) is 3.20. The largest absolute Gasteiger partial charge is 0.375 e. The number of nitrogens with one attached hydrogen (secondary N) is 1. The van der Waals surface area contributed by atoms with E-state index in [2.05, 4.69) is 47.5 Å². The van der Waals surface area contributed by atoms with Crippen molar-refractivity contribution in [1.29, 1.82) is 0 Å². The van der Waals surface area contributed by atoms with Gasteiger partial charge in [0.2, 0.25) is 0 Å². The fraction of sp³-hybridized carbons (Fsp3) is 0.650. The van der Waals surface area contributed by atoms with Gasteiger partial charge >= 0.3 is 0 Å². The molecule has 2 unspecified atom stereocenters. The van der Waals surface area contributed by atoms with E-state index in [9.17, 15) is 0 Å². The Bertz CT molecular complexity index is 529. The van der Waals surface area contributed by atoms with E-state index in [-0.39, 0.29) is 12.2 Å². The zero-order chi connectivity index (χ0) is 17.3. The lowest BCUT2D eigenvalue weighted by Crippen LogP contribution is -2.53. The predicted molar refractivity (Wildman–Crippen MR) is 101 cm³/mol. The molecule has 2 fully saturated rings. The third-order valence-electron chi connectivity index (χ3n) is 4.84. The van der Waals surface area contributed by atoms with E-state index in [1.54, 1.807) is 0 Å². The molecule has 0 amide bonds. The molecule has 5 heteroatoms. The first-order valence-electron chi connectivity index (χ1n) is 9.67. The summed E-state index contributed by atoms with van der Waals surface area (Å²) < 4.78 is 11.8. The van der Waals surface area contributed by atoms with Gasteiger partial charge < -0.3 is 19.7 Å². The number of nitrogens with zero attached hydrogens (tertiary/aromatic N) is 2. The van der Waals surface area contributed by atoms with Gasteiger partial charge in [0.25, 0.3) is 0 Å². The van der Waals surface area contributed by atoms with Crippen LogP contribution in [0.4, 0.5) is 0 Å². The quantitative estimate of drug-likeness (QED) is 0.489. The number of benzene rings is 1. The molecule has 0 aliphatic carbocycles. The van der Waals surface area contributed by atoms with E-state index in [0.717, 1.165) is 71.0 Å². The van der Waals surface area contributed by atoms with Gasteiger partial charge in [-0.3, -0.25) is 4.99 Å². The molecule has 0 radical (unpaired) electrons. The van der Waals surface area contributed by atoms with Crippen molar-refractivity contribution in [2.45, 2.75) is 44.8 Å². The molecule has 1 aromatic carbocycles. The predicted octanol–water partition coefficient (Wildman–Crippen LogP) is 2.46. The van der Waals surface area contributed by atoms with Crippen LogP contribution in [0.5, 0.6) is 0 Å². The molecule has 3 rings (SSSR count). The third-order valence-corrected chi connectivity index (χ3v) is 4.84. The molecular weight excluding hydrogens is 314 g/mol. The first-order valence-corrected chi connectivity index (χ1v) is 9.67. The first kappa shape index (κ1) is 18.2. The Balaban J connectivity index is 1.51. The summed E-state index contributed by atoms with van der Waals surface area (Å²) in [6.07, 6.45) is 4.83. The van der Waals surface area contributed by atoms with Gasteiger partial charge in [-0.25, -0.2) is 0 Å². The van der Waals surface area contributed by atoms with Gasteiger partial charge in [0.15, 0.2) is 5.96 Å². The van der Waals surface area contributed by atoms with E-state index in [0.29, 0.717) is 0 Å². The van der Waals surface area contributed by atoms with E-state index in [4.69, 9.17) is 14.5 Å². The lowest BCUT2D eigenvalue weighted by atomic mass is 10.1. The highest BCUT2D eigenvalue weighted by Gasteiger charge is 2.32. The molecule has 0 spiro atoms. The van der Waals surface area contributed by atoms with Crippen molar-refractivity contribution < 1.29 is 9.47 Å². The minimum Gasteiger partial charge on any atom is -0.375 e. The van der Waals surface area contributed by atoms with Gasteiger partial charge in [-0.2, -0.15) is 0 Å². The third kappa shape index (κ3) is 5.44. The summed E-state index contributed by atoms with van der Waals surface area (Å²) in [5, 5.41) is 3.44. The summed E-state index contributed by atoms with van der Waals surface area (Å²) in [6.45, 7) is 7.25. The zero-order valence-corrected chi connectivity index (χ0v) is 15.3. The fourth-order valence-electron chi connectivity index (χ4n) is 3.53. The van der Waals surface area contributed by atoms with Crippen molar-refractivity contribution in [2.24, 2.45) is 4.99 Å². The van der Waals surface area contributed by atoms with Crippen LogP contribution in [0, 0.1) is 0 Å². The maximum atomic E-state index is 5.95. The molecule has 0 saturated carbocycles. The molecular formula is C20H31N3O2.